The molecule has 4 atom stereocenters. The zero-order valence-electron chi connectivity index (χ0n) is 19.2. The van der Waals surface area contributed by atoms with Crippen LogP contribution < -0.4 is 0 Å². The first-order valence-electron chi connectivity index (χ1n) is 11.6. The number of hydrogen-bond donors (Lipinski definition) is 0. The van der Waals surface area contributed by atoms with Crippen LogP contribution in [0.3, 0.4) is 0 Å². The van der Waals surface area contributed by atoms with Crippen molar-refractivity contribution in [3.8, 4) is 0 Å². The molecule has 0 spiro atoms. The van der Waals surface area contributed by atoms with Gasteiger partial charge in [-0.15, -0.1) is 0 Å². The van der Waals surface area contributed by atoms with Gasteiger partial charge in [-0.25, -0.2) is 15.0 Å². The Morgan fingerprint density at radius 2 is 1.55 bits per heavy atom. The molecule has 5 rings (SSSR count). The third-order valence-electron chi connectivity index (χ3n) is 7.05. The van der Waals surface area contributed by atoms with Gasteiger partial charge >= 0.3 is 0 Å². The van der Waals surface area contributed by atoms with E-state index in [0.717, 1.165) is 12.3 Å². The summed E-state index contributed by atoms with van der Waals surface area (Å²) in [6.07, 6.45) is 1.54. The molecule has 4 aliphatic rings. The SMILES string of the molecule is CC(C)[C@H]1COC(C(C)(CC2=N[C@H]3c4ccccc4C[C@@H]3O2)C2=N[C@@H](C(C)C)CO2)=N1. The van der Waals surface area contributed by atoms with Crippen LogP contribution in [0.25, 0.3) is 0 Å². The van der Waals surface area contributed by atoms with Gasteiger partial charge in [0.05, 0.1) is 12.1 Å². The molecule has 0 saturated heterocycles. The number of benzene rings is 1. The van der Waals surface area contributed by atoms with E-state index in [1.165, 1.54) is 11.1 Å². The van der Waals surface area contributed by atoms with Gasteiger partial charge in [0, 0.05) is 12.8 Å². The van der Waals surface area contributed by atoms with Crippen molar-refractivity contribution in [2.45, 2.75) is 71.7 Å². The maximum absolute atomic E-state index is 6.36. The van der Waals surface area contributed by atoms with Crippen LogP contribution in [0.2, 0.25) is 0 Å². The highest BCUT2D eigenvalue weighted by Gasteiger charge is 2.49. The fourth-order valence-electron chi connectivity index (χ4n) is 4.85. The third kappa shape index (κ3) is 3.54. The molecule has 6 nitrogen and oxygen atoms in total. The lowest BCUT2D eigenvalue weighted by molar-refractivity contribution is 0.193. The van der Waals surface area contributed by atoms with Gasteiger partial charge < -0.3 is 14.2 Å². The van der Waals surface area contributed by atoms with Crippen molar-refractivity contribution in [3.05, 3.63) is 35.4 Å². The molecule has 1 aliphatic carbocycles. The Morgan fingerprint density at radius 3 is 2.13 bits per heavy atom. The van der Waals surface area contributed by atoms with Gasteiger partial charge in [0.2, 0.25) is 0 Å². The number of ether oxygens (including phenoxy) is 3. The first kappa shape index (κ1) is 20.5. The highest BCUT2D eigenvalue weighted by Crippen LogP contribution is 2.43. The predicted octanol–water partition coefficient (Wildman–Crippen LogP) is 4.38. The fourth-order valence-corrected chi connectivity index (χ4v) is 4.85. The molecule has 31 heavy (non-hydrogen) atoms. The number of rotatable bonds is 6. The van der Waals surface area contributed by atoms with Gasteiger partial charge in [-0.2, -0.15) is 0 Å². The van der Waals surface area contributed by atoms with Crippen molar-refractivity contribution in [3.63, 3.8) is 0 Å². The fraction of sp³-hybridized carbons (Fsp3) is 0.640. The number of fused-ring (bicyclic) bond motifs is 3. The average Bonchev–Trinajstić information content (AvgIpc) is 3.50. The molecular formula is C25H33N3O3. The number of aliphatic imine (C=N–C) groups is 3. The van der Waals surface area contributed by atoms with Crippen molar-refractivity contribution in [2.24, 2.45) is 32.2 Å². The summed E-state index contributed by atoms with van der Waals surface area (Å²) in [5, 5.41) is 0. The molecule has 0 amide bonds. The van der Waals surface area contributed by atoms with E-state index in [0.29, 0.717) is 43.3 Å². The lowest BCUT2D eigenvalue weighted by Gasteiger charge is -2.27. The van der Waals surface area contributed by atoms with Gasteiger partial charge in [-0.1, -0.05) is 52.0 Å². The Labute approximate surface area is 184 Å². The van der Waals surface area contributed by atoms with Gasteiger partial charge in [0.25, 0.3) is 0 Å². The molecule has 0 aromatic heterocycles. The molecule has 0 N–H and O–H groups in total. The summed E-state index contributed by atoms with van der Waals surface area (Å²) in [5.41, 5.74) is 2.02. The molecule has 3 aliphatic heterocycles. The molecule has 0 fully saturated rings. The number of nitrogens with zero attached hydrogens (tertiary/aromatic N) is 3. The summed E-state index contributed by atoms with van der Waals surface area (Å²) in [7, 11) is 0. The van der Waals surface area contributed by atoms with Gasteiger partial charge in [0.15, 0.2) is 17.7 Å². The first-order valence-corrected chi connectivity index (χ1v) is 11.6. The average molecular weight is 424 g/mol. The zero-order chi connectivity index (χ0) is 21.8. The summed E-state index contributed by atoms with van der Waals surface area (Å²) in [4.78, 5) is 14.9. The monoisotopic (exact) mass is 423 g/mol. The normalized spacial score (nSPS) is 29.2. The van der Waals surface area contributed by atoms with E-state index in [1.807, 2.05) is 0 Å². The van der Waals surface area contributed by atoms with Crippen molar-refractivity contribution in [2.75, 3.05) is 13.2 Å². The van der Waals surface area contributed by atoms with Crippen LogP contribution in [-0.4, -0.2) is 49.1 Å². The minimum atomic E-state index is -0.607. The van der Waals surface area contributed by atoms with Crippen LogP contribution >= 0.6 is 0 Å². The molecule has 0 radical (unpaired) electrons. The lowest BCUT2D eigenvalue weighted by atomic mass is 9.85. The van der Waals surface area contributed by atoms with Crippen LogP contribution in [0.5, 0.6) is 0 Å². The van der Waals surface area contributed by atoms with Gasteiger partial charge in [0.1, 0.15) is 30.8 Å². The smallest absolute Gasteiger partial charge is 0.199 e. The highest BCUT2D eigenvalue weighted by molar-refractivity contribution is 6.08. The Morgan fingerprint density at radius 1 is 0.935 bits per heavy atom. The Bertz CT molecular complexity index is 915. The molecule has 1 aromatic carbocycles. The molecule has 166 valence electrons. The summed E-state index contributed by atoms with van der Waals surface area (Å²) in [5.74, 6) is 3.02. The molecule has 0 bridgehead atoms. The summed E-state index contributed by atoms with van der Waals surface area (Å²) >= 11 is 0. The van der Waals surface area contributed by atoms with Crippen LogP contribution in [-0.2, 0) is 20.6 Å². The largest absolute Gasteiger partial charge is 0.478 e. The zero-order valence-corrected chi connectivity index (χ0v) is 19.2. The molecule has 0 saturated carbocycles. The van der Waals surface area contributed by atoms with Gasteiger partial charge in [-0.05, 0) is 29.9 Å². The van der Waals surface area contributed by atoms with E-state index in [-0.39, 0.29) is 24.2 Å². The maximum atomic E-state index is 6.36. The van der Waals surface area contributed by atoms with Crippen molar-refractivity contribution >= 4 is 17.7 Å². The Kier molecular flexibility index (Phi) is 5.06. The predicted molar refractivity (Wildman–Crippen MR) is 122 cm³/mol. The van der Waals surface area contributed by atoms with Crippen LogP contribution in [0.15, 0.2) is 39.2 Å². The van der Waals surface area contributed by atoms with Crippen molar-refractivity contribution in [1.82, 2.24) is 0 Å². The van der Waals surface area contributed by atoms with Crippen LogP contribution in [0.1, 0.15) is 58.2 Å². The van der Waals surface area contributed by atoms with Crippen molar-refractivity contribution in [1.29, 1.82) is 0 Å². The van der Waals surface area contributed by atoms with E-state index in [2.05, 4.69) is 58.9 Å². The number of hydrogen-bond acceptors (Lipinski definition) is 6. The third-order valence-corrected chi connectivity index (χ3v) is 7.05. The quantitative estimate of drug-likeness (QED) is 0.682. The van der Waals surface area contributed by atoms with Crippen molar-refractivity contribution < 1.29 is 14.2 Å². The van der Waals surface area contributed by atoms with Crippen LogP contribution in [0.4, 0.5) is 0 Å². The standard InChI is InChI=1S/C25H33N3O3/c1-14(2)18-12-29-23(26-18)25(5,24-27-19(13-30-24)15(3)4)11-21-28-22-17-9-7-6-8-16(17)10-20(22)31-21/h6-9,14-15,18-20,22H,10-13H2,1-5H3/t18-,19-,20+,22+/m1/s1. The maximum Gasteiger partial charge on any atom is 0.199 e. The summed E-state index contributed by atoms with van der Waals surface area (Å²) in [6, 6.07) is 8.92. The first-order chi connectivity index (χ1) is 14.8. The molecule has 1 aromatic rings. The van der Waals surface area contributed by atoms with E-state index in [9.17, 15) is 0 Å². The van der Waals surface area contributed by atoms with Gasteiger partial charge in [-0.3, -0.25) is 0 Å². The van der Waals surface area contributed by atoms with E-state index >= 15 is 0 Å². The molecular weight excluding hydrogens is 390 g/mol. The lowest BCUT2D eigenvalue weighted by Crippen LogP contribution is -2.39. The Hall–Kier alpha value is -2.37. The second kappa shape index (κ2) is 7.64. The molecule has 0 unspecified atom stereocenters. The van der Waals surface area contributed by atoms with Crippen LogP contribution in [0, 0.1) is 17.3 Å². The summed E-state index contributed by atoms with van der Waals surface area (Å²) in [6.45, 7) is 12.0. The minimum Gasteiger partial charge on any atom is -0.478 e. The van der Waals surface area contributed by atoms with E-state index in [1.54, 1.807) is 0 Å². The minimum absolute atomic E-state index is 0.0835. The second-order valence-corrected chi connectivity index (χ2v) is 10.1. The summed E-state index contributed by atoms with van der Waals surface area (Å²) < 4.78 is 18.6. The molecule has 6 heteroatoms. The topological polar surface area (TPSA) is 64.8 Å². The Balaban J connectivity index is 1.45. The molecule has 3 heterocycles. The van der Waals surface area contributed by atoms with E-state index < -0.39 is 5.41 Å². The second-order valence-electron chi connectivity index (χ2n) is 10.1. The highest BCUT2D eigenvalue weighted by atomic mass is 16.5. The van der Waals surface area contributed by atoms with E-state index in [4.69, 9.17) is 29.2 Å².